The number of carboxylic acid groups (broad SMARTS) is 1. The zero-order valence-corrected chi connectivity index (χ0v) is 13.4. The lowest BCUT2D eigenvalue weighted by molar-refractivity contribution is 0.0692. The summed E-state index contributed by atoms with van der Waals surface area (Å²) in [5.41, 5.74) is 0.439. The quantitative estimate of drug-likeness (QED) is 0.719. The van der Waals surface area contributed by atoms with Gasteiger partial charge in [0.2, 0.25) is 0 Å². The number of hydrogen-bond donors (Lipinski definition) is 1. The highest BCUT2D eigenvalue weighted by Gasteiger charge is 2.15. The molecule has 0 amide bonds. The van der Waals surface area contributed by atoms with E-state index in [9.17, 15) is 4.79 Å². The standard InChI is InChI=1S/C14H8Cl4O3/c15-7-1-4-12(8(5-7)14(19)20)21-6-9-10(16)2-3-11(17)13(9)18/h1-5H,6H2,(H,19,20). The van der Waals surface area contributed by atoms with Crippen LogP contribution in [0.4, 0.5) is 0 Å². The van der Waals surface area contributed by atoms with Crippen molar-refractivity contribution in [1.82, 2.24) is 0 Å². The van der Waals surface area contributed by atoms with Gasteiger partial charge in [-0.15, -0.1) is 0 Å². The summed E-state index contributed by atoms with van der Waals surface area (Å²) in [4.78, 5) is 11.2. The average Bonchev–Trinajstić information content (AvgIpc) is 2.44. The van der Waals surface area contributed by atoms with Crippen LogP contribution in [-0.4, -0.2) is 11.1 Å². The Bertz CT molecular complexity index is 701. The minimum absolute atomic E-state index is 0.0138. The number of benzene rings is 2. The highest BCUT2D eigenvalue weighted by Crippen LogP contribution is 2.33. The molecule has 110 valence electrons. The van der Waals surface area contributed by atoms with Crippen molar-refractivity contribution in [2.24, 2.45) is 0 Å². The Morgan fingerprint density at radius 1 is 1.05 bits per heavy atom. The van der Waals surface area contributed by atoms with Crippen LogP contribution < -0.4 is 4.74 Å². The van der Waals surface area contributed by atoms with Gasteiger partial charge in [-0.25, -0.2) is 4.79 Å². The molecule has 0 bridgehead atoms. The van der Waals surface area contributed by atoms with E-state index in [1.54, 1.807) is 12.1 Å². The number of rotatable bonds is 4. The van der Waals surface area contributed by atoms with Crippen LogP contribution >= 0.6 is 46.4 Å². The maximum atomic E-state index is 11.2. The van der Waals surface area contributed by atoms with Gasteiger partial charge in [-0.1, -0.05) is 46.4 Å². The van der Waals surface area contributed by atoms with Gasteiger partial charge < -0.3 is 9.84 Å². The van der Waals surface area contributed by atoms with E-state index in [-0.39, 0.29) is 22.9 Å². The first kappa shape index (κ1) is 16.2. The third-order valence-corrected chi connectivity index (χ3v) is 4.12. The maximum absolute atomic E-state index is 11.2. The Morgan fingerprint density at radius 3 is 2.38 bits per heavy atom. The fraction of sp³-hybridized carbons (Fsp3) is 0.0714. The molecule has 0 unspecified atom stereocenters. The number of halogens is 4. The molecular weight excluding hydrogens is 358 g/mol. The van der Waals surface area contributed by atoms with Crippen molar-refractivity contribution in [1.29, 1.82) is 0 Å². The topological polar surface area (TPSA) is 46.5 Å². The lowest BCUT2D eigenvalue weighted by atomic mass is 10.2. The second-order valence-corrected chi connectivity index (χ2v) is 5.68. The smallest absolute Gasteiger partial charge is 0.339 e. The molecule has 0 spiro atoms. The second-order valence-electron chi connectivity index (χ2n) is 4.06. The number of carbonyl (C=O) groups is 1. The summed E-state index contributed by atoms with van der Waals surface area (Å²) >= 11 is 23.8. The van der Waals surface area contributed by atoms with Crippen LogP contribution in [0.25, 0.3) is 0 Å². The van der Waals surface area contributed by atoms with Gasteiger partial charge in [-0.3, -0.25) is 0 Å². The largest absolute Gasteiger partial charge is 0.488 e. The van der Waals surface area contributed by atoms with E-state index < -0.39 is 5.97 Å². The van der Waals surface area contributed by atoms with Gasteiger partial charge in [0.25, 0.3) is 0 Å². The summed E-state index contributed by atoms with van der Waals surface area (Å²) in [5, 5.41) is 10.4. The molecule has 0 aliphatic heterocycles. The number of hydrogen-bond acceptors (Lipinski definition) is 2. The normalized spacial score (nSPS) is 10.5. The first-order chi connectivity index (χ1) is 9.90. The predicted molar refractivity (Wildman–Crippen MR) is 84.2 cm³/mol. The Kier molecular flexibility index (Phi) is 5.22. The molecule has 0 saturated carbocycles. The van der Waals surface area contributed by atoms with Crippen molar-refractivity contribution in [2.75, 3.05) is 0 Å². The molecule has 0 atom stereocenters. The van der Waals surface area contributed by atoms with Crippen molar-refractivity contribution < 1.29 is 14.6 Å². The first-order valence-electron chi connectivity index (χ1n) is 5.68. The molecule has 7 heteroatoms. The molecule has 2 aromatic rings. The van der Waals surface area contributed by atoms with Gasteiger partial charge in [0.1, 0.15) is 17.9 Å². The Balaban J connectivity index is 2.29. The minimum atomic E-state index is -1.14. The van der Waals surface area contributed by atoms with Crippen LogP contribution in [0.1, 0.15) is 15.9 Å². The zero-order chi connectivity index (χ0) is 15.6. The Morgan fingerprint density at radius 2 is 1.71 bits per heavy atom. The summed E-state index contributed by atoms with van der Waals surface area (Å²) in [6.45, 7) is -0.0138. The number of aromatic carboxylic acids is 1. The monoisotopic (exact) mass is 364 g/mol. The van der Waals surface area contributed by atoms with Crippen molar-refractivity contribution in [2.45, 2.75) is 6.61 Å². The van der Waals surface area contributed by atoms with E-state index in [4.69, 9.17) is 56.2 Å². The molecule has 2 aromatic carbocycles. The van der Waals surface area contributed by atoms with Crippen molar-refractivity contribution >= 4 is 52.4 Å². The van der Waals surface area contributed by atoms with E-state index in [0.717, 1.165) is 0 Å². The third-order valence-electron chi connectivity index (χ3n) is 2.68. The molecule has 2 rings (SSSR count). The van der Waals surface area contributed by atoms with Gasteiger partial charge >= 0.3 is 5.97 Å². The second kappa shape index (κ2) is 6.75. The van der Waals surface area contributed by atoms with Gasteiger partial charge in [-0.2, -0.15) is 0 Å². The summed E-state index contributed by atoms with van der Waals surface area (Å²) < 4.78 is 5.49. The van der Waals surface area contributed by atoms with Crippen LogP contribution in [0.3, 0.4) is 0 Å². The molecule has 0 saturated heterocycles. The van der Waals surface area contributed by atoms with Crippen molar-refractivity contribution in [3.8, 4) is 5.75 Å². The Hall–Kier alpha value is -1.13. The van der Waals surface area contributed by atoms with Crippen LogP contribution in [0.2, 0.25) is 20.1 Å². The highest BCUT2D eigenvalue weighted by atomic mass is 35.5. The number of carboxylic acids is 1. The lowest BCUT2D eigenvalue weighted by Gasteiger charge is -2.12. The van der Waals surface area contributed by atoms with Crippen LogP contribution in [-0.2, 0) is 6.61 Å². The lowest BCUT2D eigenvalue weighted by Crippen LogP contribution is -2.04. The van der Waals surface area contributed by atoms with Crippen LogP contribution in [0.15, 0.2) is 30.3 Å². The molecule has 0 heterocycles. The fourth-order valence-electron chi connectivity index (χ4n) is 1.65. The summed E-state index contributed by atoms with van der Waals surface area (Å²) in [7, 11) is 0. The minimum Gasteiger partial charge on any atom is -0.488 e. The molecule has 0 radical (unpaired) electrons. The third kappa shape index (κ3) is 3.74. The molecular formula is C14H8Cl4O3. The molecule has 0 aliphatic carbocycles. The molecule has 0 aromatic heterocycles. The Labute approximate surface area is 141 Å². The van der Waals surface area contributed by atoms with Crippen LogP contribution in [0, 0.1) is 0 Å². The van der Waals surface area contributed by atoms with E-state index in [1.807, 2.05) is 0 Å². The molecule has 1 N–H and O–H groups in total. The average molecular weight is 366 g/mol. The van der Waals surface area contributed by atoms with E-state index >= 15 is 0 Å². The zero-order valence-electron chi connectivity index (χ0n) is 10.4. The highest BCUT2D eigenvalue weighted by molar-refractivity contribution is 6.44. The van der Waals surface area contributed by atoms with E-state index in [0.29, 0.717) is 20.6 Å². The van der Waals surface area contributed by atoms with Crippen molar-refractivity contribution in [3.63, 3.8) is 0 Å². The van der Waals surface area contributed by atoms with Crippen molar-refractivity contribution in [3.05, 3.63) is 61.5 Å². The van der Waals surface area contributed by atoms with E-state index in [1.165, 1.54) is 18.2 Å². The summed E-state index contributed by atoms with van der Waals surface area (Å²) in [6.07, 6.45) is 0. The SMILES string of the molecule is O=C(O)c1cc(Cl)ccc1OCc1c(Cl)ccc(Cl)c1Cl. The summed E-state index contributed by atoms with van der Waals surface area (Å²) in [6, 6.07) is 7.47. The van der Waals surface area contributed by atoms with Gasteiger partial charge in [0, 0.05) is 15.6 Å². The summed E-state index contributed by atoms with van der Waals surface area (Å²) in [5.74, 6) is -0.977. The first-order valence-corrected chi connectivity index (χ1v) is 7.19. The van der Waals surface area contributed by atoms with Gasteiger partial charge in [0.05, 0.1) is 10.0 Å². The predicted octanol–water partition coefficient (Wildman–Crippen LogP) is 5.58. The van der Waals surface area contributed by atoms with Gasteiger partial charge in [-0.05, 0) is 30.3 Å². The number of ether oxygens (including phenoxy) is 1. The maximum Gasteiger partial charge on any atom is 0.339 e. The molecule has 3 nitrogen and oxygen atoms in total. The fourth-order valence-corrected chi connectivity index (χ4v) is 2.48. The van der Waals surface area contributed by atoms with E-state index in [2.05, 4.69) is 0 Å². The molecule has 21 heavy (non-hydrogen) atoms. The van der Waals surface area contributed by atoms with Crippen LogP contribution in [0.5, 0.6) is 5.75 Å². The molecule has 0 aliphatic rings. The molecule has 0 fully saturated rings. The van der Waals surface area contributed by atoms with Gasteiger partial charge in [0.15, 0.2) is 0 Å².